The van der Waals surface area contributed by atoms with Gasteiger partial charge in [0.15, 0.2) is 0 Å². The maximum Gasteiger partial charge on any atom is 0.328 e. The molecule has 0 bridgehead atoms. The minimum Gasteiger partial charge on any atom is -0.465 e. The number of esters is 1. The Labute approximate surface area is 161 Å². The zero-order valence-corrected chi connectivity index (χ0v) is 15.6. The average molecular weight is 359 g/mol. The fourth-order valence-electron chi connectivity index (χ4n) is 3.23. The fraction of sp³-hybridized carbons (Fsp3) is 0.208. The Morgan fingerprint density at radius 3 is 1.67 bits per heavy atom. The lowest BCUT2D eigenvalue weighted by molar-refractivity contribution is -0.150. The molecule has 0 aliphatic heterocycles. The summed E-state index contributed by atoms with van der Waals surface area (Å²) in [6, 6.07) is 29.9. The summed E-state index contributed by atoms with van der Waals surface area (Å²) in [5.74, 6) is -0.212. The molecule has 1 atom stereocenters. The average Bonchev–Trinajstić information content (AvgIpc) is 2.71. The Balaban J connectivity index is 1.96. The first-order valence-electron chi connectivity index (χ1n) is 9.31. The molecule has 138 valence electrons. The van der Waals surface area contributed by atoms with Gasteiger partial charge in [-0.15, -0.1) is 0 Å². The van der Waals surface area contributed by atoms with Crippen LogP contribution < -0.4 is 0 Å². The topological polar surface area (TPSA) is 29.5 Å². The van der Waals surface area contributed by atoms with Crippen molar-refractivity contribution in [1.82, 2.24) is 4.90 Å². The molecule has 0 N–H and O–H groups in total. The van der Waals surface area contributed by atoms with E-state index in [2.05, 4.69) is 29.2 Å². The Morgan fingerprint density at radius 1 is 0.778 bits per heavy atom. The normalized spacial score (nSPS) is 11.9. The van der Waals surface area contributed by atoms with E-state index in [0.29, 0.717) is 19.7 Å². The summed E-state index contributed by atoms with van der Waals surface area (Å²) in [7, 11) is 0. The lowest BCUT2D eigenvalue weighted by Gasteiger charge is -2.30. The van der Waals surface area contributed by atoms with Crippen LogP contribution in [0.2, 0.25) is 0 Å². The van der Waals surface area contributed by atoms with E-state index >= 15 is 0 Å². The highest BCUT2D eigenvalue weighted by atomic mass is 16.5. The molecule has 0 aliphatic carbocycles. The molecular weight excluding hydrogens is 334 g/mol. The van der Waals surface area contributed by atoms with Crippen LogP contribution >= 0.6 is 0 Å². The Kier molecular flexibility index (Phi) is 6.78. The second kappa shape index (κ2) is 9.70. The molecule has 0 aromatic heterocycles. The van der Waals surface area contributed by atoms with Gasteiger partial charge in [0.25, 0.3) is 0 Å². The van der Waals surface area contributed by atoms with E-state index in [9.17, 15) is 4.79 Å². The molecular formula is C24H25NO2. The molecule has 0 amide bonds. The maximum atomic E-state index is 12.9. The van der Waals surface area contributed by atoms with E-state index in [1.807, 2.05) is 73.7 Å². The first-order chi connectivity index (χ1) is 13.3. The predicted octanol–water partition coefficient (Wildman–Crippen LogP) is 4.99. The predicted molar refractivity (Wildman–Crippen MR) is 108 cm³/mol. The van der Waals surface area contributed by atoms with Gasteiger partial charge in [-0.1, -0.05) is 91.0 Å². The first kappa shape index (κ1) is 18.9. The van der Waals surface area contributed by atoms with E-state index in [4.69, 9.17) is 4.74 Å². The summed E-state index contributed by atoms with van der Waals surface area (Å²) in [6.07, 6.45) is 0. The van der Waals surface area contributed by atoms with Crippen LogP contribution in [0.1, 0.15) is 29.7 Å². The monoisotopic (exact) mass is 359 g/mol. The van der Waals surface area contributed by atoms with E-state index < -0.39 is 6.04 Å². The van der Waals surface area contributed by atoms with Crippen LogP contribution in [0.15, 0.2) is 91.0 Å². The van der Waals surface area contributed by atoms with Crippen molar-refractivity contribution >= 4 is 5.97 Å². The van der Waals surface area contributed by atoms with Gasteiger partial charge in [-0.2, -0.15) is 0 Å². The summed E-state index contributed by atoms with van der Waals surface area (Å²) >= 11 is 0. The van der Waals surface area contributed by atoms with Crippen molar-refractivity contribution in [3.8, 4) is 0 Å². The van der Waals surface area contributed by atoms with Crippen LogP contribution in [0.25, 0.3) is 0 Å². The Hall–Kier alpha value is -2.91. The van der Waals surface area contributed by atoms with Gasteiger partial charge in [-0.3, -0.25) is 4.90 Å². The standard InChI is InChI=1S/C24H25NO2/c1-2-27-24(26)23(22-16-10-5-11-17-22)25(18-20-12-6-3-7-13-20)19-21-14-8-4-9-15-21/h3-17,23H,2,18-19H2,1H3. The quantitative estimate of drug-likeness (QED) is 0.531. The van der Waals surface area contributed by atoms with Crippen LogP contribution in [0.3, 0.4) is 0 Å². The molecule has 0 saturated carbocycles. The number of carbonyl (C=O) groups excluding carboxylic acids is 1. The zero-order valence-electron chi connectivity index (χ0n) is 15.6. The largest absolute Gasteiger partial charge is 0.465 e. The van der Waals surface area contributed by atoms with Crippen molar-refractivity contribution in [2.45, 2.75) is 26.1 Å². The Bertz CT molecular complexity index is 777. The number of benzene rings is 3. The van der Waals surface area contributed by atoms with Crippen LogP contribution in [-0.4, -0.2) is 17.5 Å². The summed E-state index contributed by atoms with van der Waals surface area (Å²) in [6.45, 7) is 3.54. The zero-order chi connectivity index (χ0) is 18.9. The van der Waals surface area contributed by atoms with Gasteiger partial charge < -0.3 is 4.74 Å². The summed E-state index contributed by atoms with van der Waals surface area (Å²) in [4.78, 5) is 15.1. The van der Waals surface area contributed by atoms with Gasteiger partial charge in [0.05, 0.1) is 6.61 Å². The number of carbonyl (C=O) groups is 1. The molecule has 0 fully saturated rings. The van der Waals surface area contributed by atoms with Crippen LogP contribution in [-0.2, 0) is 22.6 Å². The SMILES string of the molecule is CCOC(=O)C(c1ccccc1)N(Cc1ccccc1)Cc1ccccc1. The third-order valence-corrected chi connectivity index (χ3v) is 4.45. The van der Waals surface area contributed by atoms with Gasteiger partial charge in [-0.05, 0) is 23.6 Å². The van der Waals surface area contributed by atoms with Crippen LogP contribution in [0.5, 0.6) is 0 Å². The molecule has 0 spiro atoms. The Morgan fingerprint density at radius 2 is 1.22 bits per heavy atom. The van der Waals surface area contributed by atoms with Gasteiger partial charge in [0.1, 0.15) is 6.04 Å². The number of nitrogens with zero attached hydrogens (tertiary/aromatic N) is 1. The summed E-state index contributed by atoms with van der Waals surface area (Å²) in [5, 5.41) is 0. The molecule has 27 heavy (non-hydrogen) atoms. The van der Waals surface area contributed by atoms with Gasteiger partial charge in [-0.25, -0.2) is 4.79 Å². The van der Waals surface area contributed by atoms with E-state index in [1.165, 1.54) is 11.1 Å². The molecule has 3 aromatic rings. The molecule has 0 heterocycles. The summed E-state index contributed by atoms with van der Waals surface area (Å²) in [5.41, 5.74) is 3.28. The molecule has 3 aromatic carbocycles. The molecule has 3 heteroatoms. The van der Waals surface area contributed by atoms with Crippen molar-refractivity contribution in [3.63, 3.8) is 0 Å². The van der Waals surface area contributed by atoms with E-state index in [-0.39, 0.29) is 5.97 Å². The van der Waals surface area contributed by atoms with Crippen molar-refractivity contribution in [2.24, 2.45) is 0 Å². The molecule has 0 aliphatic rings. The minimum atomic E-state index is -0.452. The highest BCUT2D eigenvalue weighted by Crippen LogP contribution is 2.26. The molecule has 1 unspecified atom stereocenters. The minimum absolute atomic E-state index is 0.212. The van der Waals surface area contributed by atoms with Crippen molar-refractivity contribution in [2.75, 3.05) is 6.61 Å². The first-order valence-corrected chi connectivity index (χ1v) is 9.31. The van der Waals surface area contributed by atoms with Gasteiger partial charge in [0, 0.05) is 13.1 Å². The van der Waals surface area contributed by atoms with Crippen molar-refractivity contribution in [1.29, 1.82) is 0 Å². The van der Waals surface area contributed by atoms with Gasteiger partial charge >= 0.3 is 5.97 Å². The maximum absolute atomic E-state index is 12.9. The van der Waals surface area contributed by atoms with Crippen LogP contribution in [0, 0.1) is 0 Å². The van der Waals surface area contributed by atoms with Crippen LogP contribution in [0.4, 0.5) is 0 Å². The van der Waals surface area contributed by atoms with Crippen molar-refractivity contribution in [3.05, 3.63) is 108 Å². The second-order valence-corrected chi connectivity index (χ2v) is 6.44. The third kappa shape index (κ3) is 5.28. The molecule has 0 saturated heterocycles. The third-order valence-electron chi connectivity index (χ3n) is 4.45. The fourth-order valence-corrected chi connectivity index (χ4v) is 3.23. The molecule has 3 nitrogen and oxygen atoms in total. The lowest BCUT2D eigenvalue weighted by Crippen LogP contribution is -2.34. The number of rotatable bonds is 8. The van der Waals surface area contributed by atoms with Gasteiger partial charge in [0.2, 0.25) is 0 Å². The van der Waals surface area contributed by atoms with E-state index in [0.717, 1.165) is 5.56 Å². The summed E-state index contributed by atoms with van der Waals surface area (Å²) < 4.78 is 5.43. The number of hydrogen-bond acceptors (Lipinski definition) is 3. The number of hydrogen-bond donors (Lipinski definition) is 0. The molecule has 0 radical (unpaired) electrons. The highest BCUT2D eigenvalue weighted by molar-refractivity contribution is 5.77. The van der Waals surface area contributed by atoms with Crippen molar-refractivity contribution < 1.29 is 9.53 Å². The smallest absolute Gasteiger partial charge is 0.328 e. The highest BCUT2D eigenvalue weighted by Gasteiger charge is 2.29. The second-order valence-electron chi connectivity index (χ2n) is 6.44. The molecule has 3 rings (SSSR count). The lowest BCUT2D eigenvalue weighted by atomic mass is 10.0. The van der Waals surface area contributed by atoms with E-state index in [1.54, 1.807) is 0 Å². The number of ether oxygens (including phenoxy) is 1.